The summed E-state index contributed by atoms with van der Waals surface area (Å²) in [5.74, 6) is 0.161. The van der Waals surface area contributed by atoms with Crippen LogP contribution in [0.5, 0.6) is 0 Å². The number of carbonyl (C=O) groups excluding carboxylic acids is 2. The Balaban J connectivity index is 1.81. The predicted molar refractivity (Wildman–Crippen MR) is 92.1 cm³/mol. The van der Waals surface area contributed by atoms with E-state index in [1.807, 2.05) is 51.1 Å². The van der Waals surface area contributed by atoms with Crippen LogP contribution in [0.4, 0.5) is 5.69 Å². The summed E-state index contributed by atoms with van der Waals surface area (Å²) >= 11 is 0. The molecule has 0 aliphatic carbocycles. The van der Waals surface area contributed by atoms with Crippen LogP contribution in [0.2, 0.25) is 0 Å². The van der Waals surface area contributed by atoms with Crippen LogP contribution in [0.25, 0.3) is 0 Å². The van der Waals surface area contributed by atoms with Gasteiger partial charge in [-0.15, -0.1) is 0 Å². The van der Waals surface area contributed by atoms with Crippen molar-refractivity contribution in [1.82, 2.24) is 10.2 Å². The Morgan fingerprint density at radius 2 is 1.70 bits per heavy atom. The minimum absolute atomic E-state index is 0.0202. The molecule has 1 atom stereocenters. The normalized spacial score (nSPS) is 17.7. The topological polar surface area (TPSA) is 61.4 Å². The van der Waals surface area contributed by atoms with Gasteiger partial charge in [0.05, 0.1) is 6.04 Å². The Morgan fingerprint density at radius 3 is 2.26 bits per heavy atom. The molecule has 1 fully saturated rings. The number of hydrogen-bond acceptors (Lipinski definition) is 3. The first-order valence-corrected chi connectivity index (χ1v) is 8.37. The zero-order valence-electron chi connectivity index (χ0n) is 14.2. The van der Waals surface area contributed by atoms with Crippen LogP contribution in [0, 0.1) is 5.92 Å². The van der Waals surface area contributed by atoms with Gasteiger partial charge in [-0.2, -0.15) is 0 Å². The van der Waals surface area contributed by atoms with E-state index in [1.165, 1.54) is 0 Å². The number of carbonyl (C=O) groups is 2. The fourth-order valence-corrected chi connectivity index (χ4v) is 2.89. The second kappa shape index (κ2) is 8.11. The molecule has 0 radical (unpaired) electrons. The van der Waals surface area contributed by atoms with Gasteiger partial charge < -0.3 is 10.6 Å². The summed E-state index contributed by atoms with van der Waals surface area (Å²) in [6.07, 6.45) is 1.58. The van der Waals surface area contributed by atoms with Gasteiger partial charge in [0.15, 0.2) is 0 Å². The van der Waals surface area contributed by atoms with Crippen molar-refractivity contribution in [2.45, 2.75) is 45.7 Å². The number of nitrogens with one attached hydrogen (secondary N) is 2. The first-order chi connectivity index (χ1) is 11.0. The highest BCUT2D eigenvalue weighted by molar-refractivity contribution is 5.92. The summed E-state index contributed by atoms with van der Waals surface area (Å²) in [4.78, 5) is 26.5. The van der Waals surface area contributed by atoms with Crippen LogP contribution in [0.1, 0.15) is 33.6 Å². The molecule has 2 N–H and O–H groups in total. The van der Waals surface area contributed by atoms with E-state index in [4.69, 9.17) is 0 Å². The van der Waals surface area contributed by atoms with Crippen LogP contribution in [-0.4, -0.2) is 41.9 Å². The lowest BCUT2D eigenvalue weighted by Gasteiger charge is -2.35. The number of nitrogens with zero attached hydrogens (tertiary/aromatic N) is 1. The Labute approximate surface area is 138 Å². The molecule has 1 aliphatic heterocycles. The summed E-state index contributed by atoms with van der Waals surface area (Å²) < 4.78 is 0. The summed E-state index contributed by atoms with van der Waals surface area (Å²) in [5.41, 5.74) is 0.838. The summed E-state index contributed by atoms with van der Waals surface area (Å²) in [5, 5.41) is 5.91. The number of para-hydroxylation sites is 1. The fourth-order valence-electron chi connectivity index (χ4n) is 2.89. The number of hydrogen-bond donors (Lipinski definition) is 2. The van der Waals surface area contributed by atoms with Crippen molar-refractivity contribution < 1.29 is 9.59 Å². The van der Waals surface area contributed by atoms with Gasteiger partial charge in [0, 0.05) is 17.6 Å². The van der Waals surface area contributed by atoms with Crippen molar-refractivity contribution in [2.24, 2.45) is 5.92 Å². The monoisotopic (exact) mass is 317 g/mol. The van der Waals surface area contributed by atoms with E-state index in [0.29, 0.717) is 0 Å². The van der Waals surface area contributed by atoms with Gasteiger partial charge in [0.2, 0.25) is 11.8 Å². The third kappa shape index (κ3) is 5.06. The SMILES string of the molecule is CC(C)NC(=O)[C@H](C)N1CCC(C(=O)Nc2ccccc2)CC1. The van der Waals surface area contributed by atoms with E-state index >= 15 is 0 Å². The van der Waals surface area contributed by atoms with Crippen molar-refractivity contribution in [1.29, 1.82) is 0 Å². The Kier molecular flexibility index (Phi) is 6.16. The van der Waals surface area contributed by atoms with Crippen LogP contribution in [-0.2, 0) is 9.59 Å². The van der Waals surface area contributed by atoms with E-state index in [9.17, 15) is 9.59 Å². The highest BCUT2D eigenvalue weighted by atomic mass is 16.2. The fraction of sp³-hybridized carbons (Fsp3) is 0.556. The van der Waals surface area contributed by atoms with Crippen molar-refractivity contribution >= 4 is 17.5 Å². The smallest absolute Gasteiger partial charge is 0.237 e. The molecule has 0 unspecified atom stereocenters. The van der Waals surface area contributed by atoms with Gasteiger partial charge >= 0.3 is 0 Å². The summed E-state index contributed by atoms with van der Waals surface area (Å²) in [7, 11) is 0. The Hall–Kier alpha value is -1.88. The van der Waals surface area contributed by atoms with Crippen molar-refractivity contribution in [2.75, 3.05) is 18.4 Å². The van der Waals surface area contributed by atoms with Gasteiger partial charge in [0.1, 0.15) is 0 Å². The molecule has 0 spiro atoms. The summed E-state index contributed by atoms with van der Waals surface area (Å²) in [6, 6.07) is 9.55. The lowest BCUT2D eigenvalue weighted by atomic mass is 9.94. The number of benzene rings is 1. The quantitative estimate of drug-likeness (QED) is 0.875. The molecule has 1 heterocycles. The van der Waals surface area contributed by atoms with Crippen LogP contribution >= 0.6 is 0 Å². The van der Waals surface area contributed by atoms with Gasteiger partial charge in [-0.25, -0.2) is 0 Å². The number of amides is 2. The zero-order valence-corrected chi connectivity index (χ0v) is 14.2. The van der Waals surface area contributed by atoms with E-state index in [1.54, 1.807) is 0 Å². The Bertz CT molecular complexity index is 522. The van der Waals surface area contributed by atoms with Crippen LogP contribution < -0.4 is 10.6 Å². The largest absolute Gasteiger partial charge is 0.353 e. The molecule has 2 rings (SSSR count). The molecular formula is C18H27N3O2. The van der Waals surface area contributed by atoms with Gasteiger partial charge in [-0.05, 0) is 58.8 Å². The molecule has 0 bridgehead atoms. The van der Waals surface area contributed by atoms with Gasteiger partial charge in [-0.1, -0.05) is 18.2 Å². The lowest BCUT2D eigenvalue weighted by Crippen LogP contribution is -2.50. The number of anilines is 1. The molecule has 1 aromatic carbocycles. The lowest BCUT2D eigenvalue weighted by molar-refractivity contribution is -0.127. The van der Waals surface area contributed by atoms with E-state index in [-0.39, 0.29) is 29.8 Å². The predicted octanol–water partition coefficient (Wildman–Crippen LogP) is 2.25. The van der Waals surface area contributed by atoms with E-state index < -0.39 is 0 Å². The molecule has 1 aliphatic rings. The minimum atomic E-state index is -0.143. The maximum Gasteiger partial charge on any atom is 0.237 e. The second-order valence-electron chi connectivity index (χ2n) is 6.50. The molecule has 23 heavy (non-hydrogen) atoms. The standard InChI is InChI=1S/C18H27N3O2/c1-13(2)19-17(22)14(3)21-11-9-15(10-12-21)18(23)20-16-7-5-4-6-8-16/h4-8,13-15H,9-12H2,1-3H3,(H,19,22)(H,20,23)/t14-/m0/s1. The van der Waals surface area contributed by atoms with Crippen molar-refractivity contribution in [3.8, 4) is 0 Å². The number of piperidine rings is 1. The molecule has 5 heteroatoms. The molecule has 5 nitrogen and oxygen atoms in total. The molecular weight excluding hydrogens is 290 g/mol. The average Bonchev–Trinajstić information content (AvgIpc) is 2.54. The first-order valence-electron chi connectivity index (χ1n) is 8.37. The maximum absolute atomic E-state index is 12.3. The van der Waals surface area contributed by atoms with E-state index in [0.717, 1.165) is 31.6 Å². The van der Waals surface area contributed by atoms with Gasteiger partial charge in [0.25, 0.3) is 0 Å². The van der Waals surface area contributed by atoms with Crippen molar-refractivity contribution in [3.63, 3.8) is 0 Å². The maximum atomic E-state index is 12.3. The number of likely N-dealkylation sites (tertiary alicyclic amines) is 1. The molecule has 126 valence electrons. The van der Waals surface area contributed by atoms with Crippen LogP contribution in [0.15, 0.2) is 30.3 Å². The third-order valence-electron chi connectivity index (χ3n) is 4.30. The van der Waals surface area contributed by atoms with Crippen LogP contribution in [0.3, 0.4) is 0 Å². The average molecular weight is 317 g/mol. The minimum Gasteiger partial charge on any atom is -0.353 e. The second-order valence-corrected chi connectivity index (χ2v) is 6.50. The first kappa shape index (κ1) is 17.5. The number of rotatable bonds is 5. The highest BCUT2D eigenvalue weighted by Crippen LogP contribution is 2.21. The Morgan fingerprint density at radius 1 is 1.09 bits per heavy atom. The van der Waals surface area contributed by atoms with Crippen molar-refractivity contribution in [3.05, 3.63) is 30.3 Å². The highest BCUT2D eigenvalue weighted by Gasteiger charge is 2.29. The molecule has 2 amide bonds. The van der Waals surface area contributed by atoms with E-state index in [2.05, 4.69) is 15.5 Å². The third-order valence-corrected chi connectivity index (χ3v) is 4.30. The molecule has 1 saturated heterocycles. The van der Waals surface area contributed by atoms with Gasteiger partial charge in [-0.3, -0.25) is 14.5 Å². The zero-order chi connectivity index (χ0) is 16.8. The molecule has 0 aromatic heterocycles. The molecule has 0 saturated carbocycles. The summed E-state index contributed by atoms with van der Waals surface area (Å²) in [6.45, 7) is 7.41. The molecule has 1 aromatic rings.